The van der Waals surface area contributed by atoms with Crippen molar-refractivity contribution < 1.29 is 20.1 Å². The van der Waals surface area contributed by atoms with Crippen molar-refractivity contribution in [3.8, 4) is 0 Å². The fourth-order valence-electron chi connectivity index (χ4n) is 4.41. The van der Waals surface area contributed by atoms with Crippen molar-refractivity contribution in [2.45, 2.75) is 37.2 Å². The minimum Gasteiger partial charge on any atom is -0.395 e. The monoisotopic (exact) mass is 451 g/mol. The average Bonchev–Trinajstić information content (AvgIpc) is 3.30. The Morgan fingerprint density at radius 3 is 2.67 bits per heavy atom. The van der Waals surface area contributed by atoms with Gasteiger partial charge in [0.15, 0.2) is 0 Å². The summed E-state index contributed by atoms with van der Waals surface area (Å²) in [6.45, 7) is 3.93. The number of allylic oxidation sites excluding steroid dienone is 2. The molecule has 2 aliphatic rings. The van der Waals surface area contributed by atoms with Gasteiger partial charge in [-0.2, -0.15) is 0 Å². The van der Waals surface area contributed by atoms with Crippen LogP contribution in [0.5, 0.6) is 0 Å². The molecule has 3 N–H and O–H groups in total. The molecule has 3 atom stereocenters. The van der Waals surface area contributed by atoms with Crippen molar-refractivity contribution in [3.63, 3.8) is 0 Å². The lowest BCUT2D eigenvalue weighted by Gasteiger charge is -2.43. The van der Waals surface area contributed by atoms with Crippen molar-refractivity contribution in [2.75, 3.05) is 32.8 Å². The number of aliphatic hydroxyl groups excluding tert-OH is 3. The molecule has 1 aliphatic heterocycles. The summed E-state index contributed by atoms with van der Waals surface area (Å²) in [4.78, 5) is 6.39. The van der Waals surface area contributed by atoms with E-state index < -0.39 is 11.7 Å². The third-order valence-electron chi connectivity index (χ3n) is 6.24. The first-order valence-electron chi connectivity index (χ1n) is 11.5. The van der Waals surface area contributed by atoms with Crippen molar-refractivity contribution in [1.82, 2.24) is 14.5 Å². The Morgan fingerprint density at radius 1 is 1.24 bits per heavy atom. The molecule has 0 amide bonds. The largest absolute Gasteiger partial charge is 0.395 e. The van der Waals surface area contributed by atoms with Gasteiger partial charge in [0.2, 0.25) is 0 Å². The molecule has 7 nitrogen and oxygen atoms in total. The number of aliphatic hydroxyl groups is 3. The smallest absolute Gasteiger partial charge is 0.137 e. The third-order valence-corrected chi connectivity index (χ3v) is 6.24. The molecule has 176 valence electrons. The maximum Gasteiger partial charge on any atom is 0.137 e. The SMILES string of the molecule is CC(O)c1nccn1C(/C=C/C1(OC2CN(CCO)C2)C=CC(c2ccccc2)=CC1)CO. The Bertz CT molecular complexity index is 992. The lowest BCUT2D eigenvalue weighted by Crippen LogP contribution is -2.55. The Hall–Kier alpha value is -2.55. The molecular formula is C26H33N3O4. The van der Waals surface area contributed by atoms with Crippen LogP contribution in [0.2, 0.25) is 0 Å². The Kier molecular flexibility index (Phi) is 7.57. The van der Waals surface area contributed by atoms with Crippen LogP contribution in [0.3, 0.4) is 0 Å². The van der Waals surface area contributed by atoms with Gasteiger partial charge >= 0.3 is 0 Å². The molecule has 4 rings (SSSR count). The number of nitrogens with zero attached hydrogens (tertiary/aromatic N) is 3. The highest BCUT2D eigenvalue weighted by Gasteiger charge is 2.36. The van der Waals surface area contributed by atoms with Gasteiger partial charge in [0.05, 0.1) is 25.4 Å². The summed E-state index contributed by atoms with van der Waals surface area (Å²) in [6.07, 6.45) is 13.7. The van der Waals surface area contributed by atoms with Gasteiger partial charge in [-0.15, -0.1) is 0 Å². The number of hydrogen-bond donors (Lipinski definition) is 3. The van der Waals surface area contributed by atoms with Gasteiger partial charge in [0.1, 0.15) is 17.5 Å². The van der Waals surface area contributed by atoms with E-state index in [-0.39, 0.29) is 25.4 Å². The van der Waals surface area contributed by atoms with Crippen LogP contribution in [-0.2, 0) is 4.74 Å². The predicted octanol–water partition coefficient (Wildman–Crippen LogP) is 2.50. The lowest BCUT2D eigenvalue weighted by molar-refractivity contribution is -0.108. The standard InChI is InChI=1S/C26H33N3O4/c1-20(32)25-27-13-14-29(25)23(19-31)9-12-26(33-24-17-28(18-24)15-16-30)10-7-22(8-11-26)21-5-3-2-4-6-21/h2-10,12-14,20,23-24,30-32H,11,15-19H2,1H3/b12-9+. The topological polar surface area (TPSA) is 91.0 Å². The van der Waals surface area contributed by atoms with Gasteiger partial charge in [-0.05, 0) is 24.1 Å². The van der Waals surface area contributed by atoms with Gasteiger partial charge in [-0.1, -0.05) is 54.6 Å². The van der Waals surface area contributed by atoms with Crippen LogP contribution in [0.4, 0.5) is 0 Å². The van der Waals surface area contributed by atoms with Crippen LogP contribution in [0, 0.1) is 0 Å². The van der Waals surface area contributed by atoms with Gasteiger partial charge < -0.3 is 24.6 Å². The van der Waals surface area contributed by atoms with E-state index in [0.29, 0.717) is 18.8 Å². The van der Waals surface area contributed by atoms with Crippen molar-refractivity contribution in [2.24, 2.45) is 0 Å². The van der Waals surface area contributed by atoms with Crippen LogP contribution in [0.15, 0.2) is 73.1 Å². The molecule has 1 aromatic heterocycles. The number of imidazole rings is 1. The normalized spacial score (nSPS) is 23.5. The first-order valence-corrected chi connectivity index (χ1v) is 11.5. The van der Waals surface area contributed by atoms with E-state index in [9.17, 15) is 10.2 Å². The maximum absolute atomic E-state index is 10.1. The molecule has 2 aromatic rings. The lowest BCUT2D eigenvalue weighted by atomic mass is 9.88. The fourth-order valence-corrected chi connectivity index (χ4v) is 4.41. The number of likely N-dealkylation sites (tertiary alicyclic amines) is 1. The summed E-state index contributed by atoms with van der Waals surface area (Å²) in [5.41, 5.74) is 1.69. The van der Waals surface area contributed by atoms with Crippen LogP contribution in [0.1, 0.15) is 36.9 Å². The number of β-amino-alcohol motifs (C(OH)–C–C–N with tert-alkyl or cyclic N) is 1. The second-order valence-electron chi connectivity index (χ2n) is 8.72. The zero-order valence-electron chi connectivity index (χ0n) is 19.0. The molecule has 1 aliphatic carbocycles. The van der Waals surface area contributed by atoms with Gasteiger partial charge in [0, 0.05) is 38.4 Å². The minimum atomic E-state index is -0.730. The van der Waals surface area contributed by atoms with E-state index in [4.69, 9.17) is 9.84 Å². The summed E-state index contributed by atoms with van der Waals surface area (Å²) in [5.74, 6) is 0.512. The van der Waals surface area contributed by atoms with Crippen LogP contribution >= 0.6 is 0 Å². The predicted molar refractivity (Wildman–Crippen MR) is 127 cm³/mol. The third kappa shape index (κ3) is 5.51. The molecule has 33 heavy (non-hydrogen) atoms. The summed E-state index contributed by atoms with van der Waals surface area (Å²) in [6, 6.07) is 9.89. The second-order valence-corrected chi connectivity index (χ2v) is 8.72. The molecule has 0 bridgehead atoms. The molecular weight excluding hydrogens is 418 g/mol. The van der Waals surface area contributed by atoms with Crippen LogP contribution in [0.25, 0.3) is 5.57 Å². The summed E-state index contributed by atoms with van der Waals surface area (Å²) in [7, 11) is 0. The summed E-state index contributed by atoms with van der Waals surface area (Å²) >= 11 is 0. The number of ether oxygens (including phenoxy) is 1. The first-order chi connectivity index (χ1) is 16.0. The average molecular weight is 452 g/mol. The number of benzene rings is 1. The zero-order chi connectivity index (χ0) is 23.3. The van der Waals surface area contributed by atoms with E-state index in [1.807, 2.05) is 30.4 Å². The molecule has 7 heteroatoms. The molecule has 0 spiro atoms. The van der Waals surface area contributed by atoms with Gasteiger partial charge in [-0.3, -0.25) is 4.90 Å². The first kappa shape index (κ1) is 23.6. The Balaban J connectivity index is 1.55. The molecule has 1 fully saturated rings. The highest BCUT2D eigenvalue weighted by molar-refractivity contribution is 5.75. The minimum absolute atomic E-state index is 0.0753. The number of aromatic nitrogens is 2. The van der Waals surface area contributed by atoms with E-state index >= 15 is 0 Å². The van der Waals surface area contributed by atoms with Gasteiger partial charge in [-0.25, -0.2) is 4.98 Å². The quantitative estimate of drug-likeness (QED) is 0.481. The van der Waals surface area contributed by atoms with E-state index in [1.54, 1.807) is 23.9 Å². The summed E-state index contributed by atoms with van der Waals surface area (Å²) < 4.78 is 8.36. The Labute approximate surface area is 195 Å². The molecule has 1 saturated heterocycles. The molecule has 2 heterocycles. The molecule has 1 aromatic carbocycles. The van der Waals surface area contributed by atoms with Crippen molar-refractivity contribution in [1.29, 1.82) is 0 Å². The van der Waals surface area contributed by atoms with Crippen LogP contribution < -0.4 is 0 Å². The second kappa shape index (κ2) is 10.6. The van der Waals surface area contributed by atoms with E-state index in [2.05, 4.69) is 40.2 Å². The van der Waals surface area contributed by atoms with Gasteiger partial charge in [0.25, 0.3) is 0 Å². The van der Waals surface area contributed by atoms with Crippen LogP contribution in [-0.4, -0.2) is 74.3 Å². The highest BCUT2D eigenvalue weighted by atomic mass is 16.5. The summed E-state index contributed by atoms with van der Waals surface area (Å²) in [5, 5.41) is 29.2. The van der Waals surface area contributed by atoms with Crippen molar-refractivity contribution >= 4 is 5.57 Å². The highest BCUT2D eigenvalue weighted by Crippen LogP contribution is 2.34. The molecule has 0 saturated carbocycles. The maximum atomic E-state index is 10.1. The fraction of sp³-hybridized carbons (Fsp3) is 0.423. The Morgan fingerprint density at radius 2 is 2.03 bits per heavy atom. The van der Waals surface area contributed by atoms with E-state index in [0.717, 1.165) is 24.2 Å². The number of hydrogen-bond acceptors (Lipinski definition) is 6. The molecule has 3 unspecified atom stereocenters. The van der Waals surface area contributed by atoms with Crippen molar-refractivity contribution in [3.05, 3.63) is 84.5 Å². The molecule has 0 radical (unpaired) electrons. The number of rotatable bonds is 10. The zero-order valence-corrected chi connectivity index (χ0v) is 19.0. The van der Waals surface area contributed by atoms with E-state index in [1.165, 1.54) is 0 Å².